The summed E-state index contributed by atoms with van der Waals surface area (Å²) >= 11 is 0. The number of nitrogens with zero attached hydrogens (tertiary/aromatic N) is 2. The summed E-state index contributed by atoms with van der Waals surface area (Å²) in [6.07, 6.45) is 0. The van der Waals surface area contributed by atoms with Crippen LogP contribution in [0.1, 0.15) is 130 Å². The largest absolute Gasteiger partial charge is 0.344 e. The molecule has 0 heterocycles. The van der Waals surface area contributed by atoms with Crippen LogP contribution in [-0.4, -0.2) is 14.1 Å². The molecule has 0 bridgehead atoms. The average molecular weight is 805 g/mol. The second-order valence-corrected chi connectivity index (χ2v) is 22.5. The van der Waals surface area contributed by atoms with E-state index in [0.29, 0.717) is 0 Å². The first-order chi connectivity index (χ1) is 28.4. The Morgan fingerprint density at radius 3 is 1.03 bits per heavy atom. The molecule has 2 heteroatoms. The predicted octanol–water partition coefficient (Wildman–Crippen LogP) is 16.1. The van der Waals surface area contributed by atoms with E-state index in [-0.39, 0.29) is 37.9 Å². The molecular formula is C59H68N2. The smallest absolute Gasteiger partial charge is 0.0487 e. The Bertz CT molecular complexity index is 2580. The van der Waals surface area contributed by atoms with Crippen molar-refractivity contribution in [1.29, 1.82) is 0 Å². The summed E-state index contributed by atoms with van der Waals surface area (Å²) in [5, 5.41) is 0. The topological polar surface area (TPSA) is 6.48 Å². The average Bonchev–Trinajstić information content (AvgIpc) is 3.57. The van der Waals surface area contributed by atoms with Gasteiger partial charge in [-0.2, -0.15) is 0 Å². The maximum Gasteiger partial charge on any atom is 0.0487 e. The number of anilines is 4. The first kappa shape index (κ1) is 41.3. The lowest BCUT2D eigenvalue weighted by Gasteiger charge is -2.44. The molecule has 0 amide bonds. The summed E-state index contributed by atoms with van der Waals surface area (Å²) in [5.41, 5.74) is 21.6. The molecule has 2 nitrogen and oxygen atoms in total. The lowest BCUT2D eigenvalue weighted by Crippen LogP contribution is -2.42. The maximum atomic E-state index is 2.49. The third-order valence-corrected chi connectivity index (χ3v) is 18.6. The molecule has 0 atom stereocenters. The molecule has 0 spiro atoms. The Morgan fingerprint density at radius 1 is 0.311 bits per heavy atom. The van der Waals surface area contributed by atoms with Crippen LogP contribution in [-0.2, 0) is 27.1 Å². The lowest BCUT2D eigenvalue weighted by molar-refractivity contribution is 0.125. The van der Waals surface area contributed by atoms with Gasteiger partial charge in [-0.25, -0.2) is 0 Å². The Labute approximate surface area is 368 Å². The number of para-hydroxylation sites is 2. The first-order valence-electron chi connectivity index (χ1n) is 22.6. The summed E-state index contributed by atoms with van der Waals surface area (Å²) in [7, 11) is 4.46. The van der Waals surface area contributed by atoms with E-state index in [2.05, 4.69) is 242 Å². The first-order valence-corrected chi connectivity index (χ1v) is 22.6. The molecule has 9 rings (SSSR count). The fourth-order valence-corrected chi connectivity index (χ4v) is 11.9. The Morgan fingerprint density at radius 2 is 0.656 bits per heavy atom. The van der Waals surface area contributed by atoms with Crippen LogP contribution in [0.2, 0.25) is 0 Å². The van der Waals surface area contributed by atoms with Crippen molar-refractivity contribution in [3.63, 3.8) is 0 Å². The molecule has 0 fully saturated rings. The van der Waals surface area contributed by atoms with Gasteiger partial charge in [0.05, 0.1) is 0 Å². The van der Waals surface area contributed by atoms with Crippen LogP contribution in [0.4, 0.5) is 22.7 Å². The van der Waals surface area contributed by atoms with Gasteiger partial charge in [-0.05, 0) is 125 Å². The van der Waals surface area contributed by atoms with Crippen LogP contribution in [0.15, 0.2) is 121 Å². The van der Waals surface area contributed by atoms with Crippen LogP contribution in [0.25, 0.3) is 33.4 Å². The van der Waals surface area contributed by atoms with Crippen LogP contribution >= 0.6 is 0 Å². The zero-order valence-corrected chi connectivity index (χ0v) is 39.9. The predicted molar refractivity (Wildman–Crippen MR) is 264 cm³/mol. The molecule has 6 aromatic carbocycles. The van der Waals surface area contributed by atoms with E-state index in [4.69, 9.17) is 0 Å². The second kappa shape index (κ2) is 13.0. The maximum absolute atomic E-state index is 2.49. The van der Waals surface area contributed by atoms with Crippen molar-refractivity contribution in [2.75, 3.05) is 23.9 Å². The summed E-state index contributed by atoms with van der Waals surface area (Å²) in [4.78, 5) is 4.78. The molecular weight excluding hydrogens is 737 g/mol. The molecule has 0 aliphatic heterocycles. The van der Waals surface area contributed by atoms with Crippen LogP contribution in [0.5, 0.6) is 0 Å². The van der Waals surface area contributed by atoms with Gasteiger partial charge >= 0.3 is 0 Å². The van der Waals surface area contributed by atoms with Crippen molar-refractivity contribution >= 4 is 22.7 Å². The molecule has 0 unspecified atom stereocenters. The molecule has 61 heavy (non-hydrogen) atoms. The number of benzene rings is 6. The minimum Gasteiger partial charge on any atom is -0.344 e. The third kappa shape index (κ3) is 5.39. The minimum atomic E-state index is -0.173. The van der Waals surface area contributed by atoms with Gasteiger partial charge in [-0.3, -0.25) is 0 Å². The van der Waals surface area contributed by atoms with Crippen LogP contribution in [0, 0.1) is 10.8 Å². The summed E-state index contributed by atoms with van der Waals surface area (Å²) in [6, 6.07) is 46.6. The van der Waals surface area contributed by atoms with Crippen LogP contribution in [0.3, 0.4) is 0 Å². The molecule has 0 saturated heterocycles. The highest BCUT2D eigenvalue weighted by Crippen LogP contribution is 2.63. The van der Waals surface area contributed by atoms with E-state index in [9.17, 15) is 0 Å². The lowest BCUT2D eigenvalue weighted by atomic mass is 9.59. The number of hydrogen-bond donors (Lipinski definition) is 0. The standard InChI is InChI=1S/C59H68N2/c1-53(2)47-35-39(60(15)51-23-19-17-21-41(51)37-25-31-45-49(33-37)56(7,8)58(11,12)54(45,3)4)27-29-43(47)44-30-28-40(36-48(44)53)61(16)52-24-20-18-22-42(52)38-26-32-46-50(34-38)57(9,10)59(13,14)55(46,5)6/h17-36H,1-16H3. The molecule has 6 aromatic rings. The molecule has 3 aliphatic rings. The minimum absolute atomic E-state index is 0.0516. The van der Waals surface area contributed by atoms with E-state index in [1.807, 2.05) is 0 Å². The van der Waals surface area contributed by atoms with E-state index >= 15 is 0 Å². The van der Waals surface area contributed by atoms with Crippen molar-refractivity contribution in [3.8, 4) is 33.4 Å². The Hall–Kier alpha value is -5.08. The zero-order valence-electron chi connectivity index (χ0n) is 39.9. The molecule has 0 N–H and O–H groups in total. The summed E-state index contributed by atoms with van der Waals surface area (Å²) in [6.45, 7) is 34.0. The molecule has 3 aliphatic carbocycles. The highest BCUT2D eigenvalue weighted by atomic mass is 15.1. The summed E-state index contributed by atoms with van der Waals surface area (Å²) < 4.78 is 0. The van der Waals surface area contributed by atoms with Crippen molar-refractivity contribution in [2.45, 2.75) is 124 Å². The Balaban J connectivity index is 1.04. The van der Waals surface area contributed by atoms with Crippen molar-refractivity contribution < 1.29 is 0 Å². The second-order valence-electron chi connectivity index (χ2n) is 22.5. The van der Waals surface area contributed by atoms with Gasteiger partial charge in [0.25, 0.3) is 0 Å². The highest BCUT2D eigenvalue weighted by Gasteiger charge is 2.58. The molecule has 0 radical (unpaired) electrons. The molecule has 0 aromatic heterocycles. The van der Waals surface area contributed by atoms with Gasteiger partial charge in [-0.15, -0.1) is 0 Å². The molecule has 314 valence electrons. The normalized spacial score (nSPS) is 19.7. The zero-order chi connectivity index (χ0) is 44.0. The molecule has 0 saturated carbocycles. The highest BCUT2D eigenvalue weighted by molar-refractivity contribution is 5.89. The van der Waals surface area contributed by atoms with Gasteiger partial charge in [0.2, 0.25) is 0 Å². The van der Waals surface area contributed by atoms with E-state index in [0.717, 1.165) is 0 Å². The van der Waals surface area contributed by atoms with Gasteiger partial charge in [-0.1, -0.05) is 182 Å². The van der Waals surface area contributed by atoms with Gasteiger partial charge in [0, 0.05) is 53.4 Å². The fraction of sp³-hybridized carbons (Fsp3) is 0.390. The summed E-state index contributed by atoms with van der Waals surface area (Å²) in [5.74, 6) is 0. The quantitative estimate of drug-likeness (QED) is 0.165. The van der Waals surface area contributed by atoms with Crippen LogP contribution < -0.4 is 9.80 Å². The number of fused-ring (bicyclic) bond motifs is 5. The number of hydrogen-bond acceptors (Lipinski definition) is 2. The van der Waals surface area contributed by atoms with Gasteiger partial charge in [0.15, 0.2) is 0 Å². The van der Waals surface area contributed by atoms with E-state index in [1.165, 1.54) is 89.5 Å². The van der Waals surface area contributed by atoms with Gasteiger partial charge in [0.1, 0.15) is 0 Å². The third-order valence-electron chi connectivity index (χ3n) is 18.6. The number of rotatable bonds is 6. The van der Waals surface area contributed by atoms with E-state index in [1.54, 1.807) is 0 Å². The van der Waals surface area contributed by atoms with E-state index < -0.39 is 0 Å². The SMILES string of the molecule is CN(c1ccc2c(c1)C(C)(C)c1cc(N(C)c3ccccc3-c3ccc4c(c3)C(C)(C)C(C)(C)C4(C)C)ccc1-2)c1ccccc1-c1ccc2c(c1)C(C)(C)C(C)(C)C2(C)C. The Kier molecular flexibility index (Phi) is 8.78. The van der Waals surface area contributed by atoms with Crippen molar-refractivity contribution in [1.82, 2.24) is 0 Å². The monoisotopic (exact) mass is 805 g/mol. The van der Waals surface area contributed by atoms with Crippen molar-refractivity contribution in [3.05, 3.63) is 155 Å². The van der Waals surface area contributed by atoms with Crippen molar-refractivity contribution in [2.24, 2.45) is 10.8 Å². The fourth-order valence-electron chi connectivity index (χ4n) is 11.9. The van der Waals surface area contributed by atoms with Gasteiger partial charge < -0.3 is 9.80 Å².